The van der Waals surface area contributed by atoms with Gasteiger partial charge in [0.05, 0.1) is 18.8 Å². The SMILES string of the molecule is I.NC(=NCCN1C(=O)NC2(CCCC2)C1=O)Nc1cc(F)ccc1F. The number of anilines is 1. The summed E-state index contributed by atoms with van der Waals surface area (Å²) in [7, 11) is 0. The molecule has 2 aliphatic rings. The zero-order valence-corrected chi connectivity index (χ0v) is 16.3. The average Bonchev–Trinajstić information content (AvgIpc) is 3.12. The predicted molar refractivity (Wildman–Crippen MR) is 103 cm³/mol. The van der Waals surface area contributed by atoms with Gasteiger partial charge in [0.2, 0.25) is 0 Å². The van der Waals surface area contributed by atoms with Crippen LogP contribution in [0.15, 0.2) is 23.2 Å². The highest BCUT2D eigenvalue weighted by atomic mass is 127. The van der Waals surface area contributed by atoms with Gasteiger partial charge in [0, 0.05) is 6.07 Å². The number of nitrogens with two attached hydrogens (primary N) is 1. The van der Waals surface area contributed by atoms with Gasteiger partial charge in [-0.05, 0) is 25.0 Å². The maximum Gasteiger partial charge on any atom is 0.325 e. The third-order valence-corrected chi connectivity index (χ3v) is 4.50. The quantitative estimate of drug-likeness (QED) is 0.267. The van der Waals surface area contributed by atoms with E-state index >= 15 is 0 Å². The number of aliphatic imine (C=N–C) groups is 1. The van der Waals surface area contributed by atoms with Gasteiger partial charge in [0.1, 0.15) is 17.2 Å². The first-order valence-electron chi connectivity index (χ1n) is 8.07. The molecule has 1 heterocycles. The molecule has 0 radical (unpaired) electrons. The molecule has 3 amide bonds. The van der Waals surface area contributed by atoms with E-state index in [1.54, 1.807) is 0 Å². The summed E-state index contributed by atoms with van der Waals surface area (Å²) in [6.07, 6.45) is 3.13. The third-order valence-electron chi connectivity index (χ3n) is 4.50. The Morgan fingerprint density at radius 2 is 2.00 bits per heavy atom. The van der Waals surface area contributed by atoms with Crippen molar-refractivity contribution in [3.63, 3.8) is 0 Å². The molecule has 2 fully saturated rings. The monoisotopic (exact) mass is 479 g/mol. The predicted octanol–water partition coefficient (Wildman–Crippen LogP) is 2.17. The molecule has 1 spiro atoms. The van der Waals surface area contributed by atoms with E-state index in [1.807, 2.05) is 0 Å². The lowest BCUT2D eigenvalue weighted by molar-refractivity contribution is -0.131. The minimum Gasteiger partial charge on any atom is -0.370 e. The summed E-state index contributed by atoms with van der Waals surface area (Å²) in [5.74, 6) is -1.64. The van der Waals surface area contributed by atoms with Gasteiger partial charge in [-0.25, -0.2) is 13.6 Å². The van der Waals surface area contributed by atoms with Crippen LogP contribution in [0, 0.1) is 11.6 Å². The van der Waals surface area contributed by atoms with Gasteiger partial charge in [-0.3, -0.25) is 14.7 Å². The number of nitrogens with zero attached hydrogens (tertiary/aromatic N) is 2. The molecule has 1 aliphatic carbocycles. The Morgan fingerprint density at radius 1 is 1.31 bits per heavy atom. The van der Waals surface area contributed by atoms with E-state index in [1.165, 1.54) is 0 Å². The highest BCUT2D eigenvalue weighted by molar-refractivity contribution is 14.0. The fourth-order valence-corrected chi connectivity index (χ4v) is 3.24. The molecule has 1 aromatic carbocycles. The molecule has 7 nitrogen and oxygen atoms in total. The van der Waals surface area contributed by atoms with Crippen molar-refractivity contribution >= 4 is 47.6 Å². The van der Waals surface area contributed by atoms with Gasteiger partial charge in [-0.2, -0.15) is 0 Å². The van der Waals surface area contributed by atoms with Crippen LogP contribution in [0.5, 0.6) is 0 Å². The molecule has 3 rings (SSSR count). The highest BCUT2D eigenvalue weighted by Gasteiger charge is 2.52. The van der Waals surface area contributed by atoms with Gasteiger partial charge in [0.25, 0.3) is 5.91 Å². The van der Waals surface area contributed by atoms with Gasteiger partial charge in [0.15, 0.2) is 5.96 Å². The van der Waals surface area contributed by atoms with Gasteiger partial charge in [-0.15, -0.1) is 24.0 Å². The number of carbonyl (C=O) groups excluding carboxylic acids is 2. The van der Waals surface area contributed by atoms with Crippen LogP contribution in [0.1, 0.15) is 25.7 Å². The zero-order valence-electron chi connectivity index (χ0n) is 13.9. The van der Waals surface area contributed by atoms with Crippen LogP contribution < -0.4 is 16.4 Å². The molecular weight excluding hydrogens is 459 g/mol. The number of halogens is 3. The number of carbonyl (C=O) groups is 2. The second-order valence-corrected chi connectivity index (χ2v) is 6.19. The molecule has 0 bridgehead atoms. The maximum absolute atomic E-state index is 13.5. The fraction of sp³-hybridized carbons (Fsp3) is 0.438. The Morgan fingerprint density at radius 3 is 2.69 bits per heavy atom. The molecule has 0 aromatic heterocycles. The van der Waals surface area contributed by atoms with E-state index in [-0.39, 0.29) is 54.6 Å². The maximum atomic E-state index is 13.5. The van der Waals surface area contributed by atoms with E-state index in [2.05, 4.69) is 15.6 Å². The summed E-state index contributed by atoms with van der Waals surface area (Å²) in [6, 6.07) is 2.49. The molecule has 1 aliphatic heterocycles. The summed E-state index contributed by atoms with van der Waals surface area (Å²) in [6.45, 7) is 0.130. The summed E-state index contributed by atoms with van der Waals surface area (Å²) in [4.78, 5) is 29.5. The van der Waals surface area contributed by atoms with Gasteiger partial charge >= 0.3 is 6.03 Å². The molecular formula is C16H20F2IN5O2. The number of benzene rings is 1. The van der Waals surface area contributed by atoms with Crippen molar-refractivity contribution in [1.82, 2.24) is 10.2 Å². The molecule has 1 aromatic rings. The number of imide groups is 1. The number of hydrogen-bond acceptors (Lipinski definition) is 3. The fourth-order valence-electron chi connectivity index (χ4n) is 3.24. The van der Waals surface area contributed by atoms with Crippen molar-refractivity contribution in [1.29, 1.82) is 0 Å². The molecule has 1 saturated carbocycles. The number of rotatable bonds is 4. The summed E-state index contributed by atoms with van der Waals surface area (Å²) < 4.78 is 26.6. The number of nitrogens with one attached hydrogen (secondary N) is 2. The Labute approximate surface area is 166 Å². The third kappa shape index (κ3) is 4.05. The highest BCUT2D eigenvalue weighted by Crippen LogP contribution is 2.34. The Hall–Kier alpha value is -1.98. The number of hydrogen-bond donors (Lipinski definition) is 3. The summed E-state index contributed by atoms with van der Waals surface area (Å²) >= 11 is 0. The lowest BCUT2D eigenvalue weighted by Gasteiger charge is -2.19. The molecule has 0 unspecified atom stereocenters. The molecule has 4 N–H and O–H groups in total. The number of guanidine groups is 1. The summed E-state index contributed by atoms with van der Waals surface area (Å²) in [5.41, 5.74) is 4.75. The Bertz CT molecular complexity index is 737. The average molecular weight is 479 g/mol. The normalized spacial score (nSPS) is 18.8. The Kier molecular flexibility index (Phi) is 6.37. The van der Waals surface area contributed by atoms with Crippen LogP contribution in [0.4, 0.5) is 19.3 Å². The smallest absolute Gasteiger partial charge is 0.325 e. The first kappa shape index (κ1) is 20.3. The van der Waals surface area contributed by atoms with Gasteiger partial charge in [-0.1, -0.05) is 12.8 Å². The lowest BCUT2D eigenvalue weighted by atomic mass is 9.98. The van der Waals surface area contributed by atoms with Crippen molar-refractivity contribution in [3.8, 4) is 0 Å². The second kappa shape index (κ2) is 8.14. The van der Waals surface area contributed by atoms with Crippen molar-refractivity contribution in [2.24, 2.45) is 10.7 Å². The number of urea groups is 1. The van der Waals surface area contributed by atoms with Crippen molar-refractivity contribution in [2.75, 3.05) is 18.4 Å². The molecule has 1 saturated heterocycles. The van der Waals surface area contributed by atoms with Gasteiger partial charge < -0.3 is 16.4 Å². The first-order valence-corrected chi connectivity index (χ1v) is 8.07. The van der Waals surface area contributed by atoms with Crippen molar-refractivity contribution < 1.29 is 18.4 Å². The topological polar surface area (TPSA) is 99.8 Å². The van der Waals surface area contributed by atoms with Crippen LogP contribution in [0.25, 0.3) is 0 Å². The Balaban J connectivity index is 0.00000243. The molecule has 26 heavy (non-hydrogen) atoms. The van der Waals surface area contributed by atoms with Crippen LogP contribution >= 0.6 is 24.0 Å². The number of amides is 3. The second-order valence-electron chi connectivity index (χ2n) is 6.19. The standard InChI is InChI=1S/C16H19F2N5O2.HI/c17-10-3-4-11(18)12(9-10)21-14(19)20-7-8-23-13(24)16(22-15(23)25)5-1-2-6-16;/h3-4,9H,1-2,5-8H2,(H,22,25)(H3,19,20,21);1H. The van der Waals surface area contributed by atoms with Crippen LogP contribution in [0.2, 0.25) is 0 Å². The minimum absolute atomic E-state index is 0. The lowest BCUT2D eigenvalue weighted by Crippen LogP contribution is -2.44. The van der Waals surface area contributed by atoms with E-state index in [0.29, 0.717) is 12.8 Å². The minimum atomic E-state index is -0.755. The largest absolute Gasteiger partial charge is 0.370 e. The molecule has 0 atom stereocenters. The van der Waals surface area contributed by atoms with Crippen LogP contribution in [-0.2, 0) is 4.79 Å². The molecule has 10 heteroatoms. The van der Waals surface area contributed by atoms with Crippen LogP contribution in [0.3, 0.4) is 0 Å². The van der Waals surface area contributed by atoms with E-state index in [0.717, 1.165) is 35.9 Å². The van der Waals surface area contributed by atoms with Crippen molar-refractivity contribution in [3.05, 3.63) is 29.8 Å². The zero-order chi connectivity index (χ0) is 18.0. The van der Waals surface area contributed by atoms with E-state index < -0.39 is 23.2 Å². The van der Waals surface area contributed by atoms with E-state index in [4.69, 9.17) is 5.73 Å². The van der Waals surface area contributed by atoms with Crippen LogP contribution in [-0.4, -0.2) is 41.4 Å². The van der Waals surface area contributed by atoms with E-state index in [9.17, 15) is 18.4 Å². The molecule has 142 valence electrons. The summed E-state index contributed by atoms with van der Waals surface area (Å²) in [5, 5.41) is 5.23. The first-order chi connectivity index (χ1) is 11.9. The van der Waals surface area contributed by atoms with Crippen molar-refractivity contribution in [2.45, 2.75) is 31.2 Å².